The van der Waals surface area contributed by atoms with Crippen molar-refractivity contribution < 1.29 is 0 Å². The van der Waals surface area contributed by atoms with E-state index in [-0.39, 0.29) is 0 Å². The normalized spacial score (nSPS) is 29.9. The summed E-state index contributed by atoms with van der Waals surface area (Å²) in [7, 11) is 0. The van der Waals surface area contributed by atoms with Crippen molar-refractivity contribution in [3.63, 3.8) is 0 Å². The fourth-order valence-corrected chi connectivity index (χ4v) is 4.53. The van der Waals surface area contributed by atoms with Gasteiger partial charge in [-0.3, -0.25) is 0 Å². The summed E-state index contributed by atoms with van der Waals surface area (Å²) in [6.45, 7) is 10.1. The standard InChI is InChI=1S/C19H29N/c1-5-20-19(18-15-8-6-7-9-16(15)18)17-11-13(3)12(2)10-14(17)4/h10-11,15-16,18-20H,5-9H2,1-4H3. The van der Waals surface area contributed by atoms with Gasteiger partial charge in [0.2, 0.25) is 0 Å². The first-order chi connectivity index (χ1) is 9.63. The molecule has 1 heteroatoms. The zero-order chi connectivity index (χ0) is 14.3. The Hall–Kier alpha value is -0.820. The van der Waals surface area contributed by atoms with E-state index in [2.05, 4.69) is 45.1 Å². The van der Waals surface area contributed by atoms with Crippen LogP contribution in [0.25, 0.3) is 0 Å². The van der Waals surface area contributed by atoms with Gasteiger partial charge in [0.05, 0.1) is 0 Å². The summed E-state index contributed by atoms with van der Waals surface area (Å²) >= 11 is 0. The van der Waals surface area contributed by atoms with Crippen LogP contribution in [0.4, 0.5) is 0 Å². The minimum absolute atomic E-state index is 0.590. The molecular weight excluding hydrogens is 242 g/mol. The molecule has 0 bridgehead atoms. The van der Waals surface area contributed by atoms with E-state index in [1.54, 1.807) is 5.56 Å². The average molecular weight is 271 g/mol. The molecule has 0 heterocycles. The molecule has 2 aliphatic rings. The van der Waals surface area contributed by atoms with Crippen molar-refractivity contribution in [1.29, 1.82) is 0 Å². The van der Waals surface area contributed by atoms with Crippen molar-refractivity contribution in [1.82, 2.24) is 5.32 Å². The molecule has 20 heavy (non-hydrogen) atoms. The molecule has 2 fully saturated rings. The fourth-order valence-electron chi connectivity index (χ4n) is 4.53. The third kappa shape index (κ3) is 2.41. The second-order valence-corrected chi connectivity index (χ2v) is 7.02. The van der Waals surface area contributed by atoms with Gasteiger partial charge in [-0.2, -0.15) is 0 Å². The molecule has 110 valence electrons. The summed E-state index contributed by atoms with van der Waals surface area (Å²) in [5, 5.41) is 3.80. The van der Waals surface area contributed by atoms with Gasteiger partial charge in [0.25, 0.3) is 0 Å². The van der Waals surface area contributed by atoms with Crippen LogP contribution in [0, 0.1) is 38.5 Å². The Morgan fingerprint density at radius 3 is 2.20 bits per heavy atom. The SMILES string of the molecule is CCNC(c1cc(C)c(C)cc1C)C1C2CCCCC21. The van der Waals surface area contributed by atoms with Crippen molar-refractivity contribution in [3.05, 3.63) is 34.4 Å². The van der Waals surface area contributed by atoms with Gasteiger partial charge in [-0.15, -0.1) is 0 Å². The Balaban J connectivity index is 1.89. The third-order valence-corrected chi connectivity index (χ3v) is 5.75. The second kappa shape index (κ2) is 5.52. The molecule has 1 N–H and O–H groups in total. The van der Waals surface area contributed by atoms with Gasteiger partial charge < -0.3 is 5.32 Å². The maximum atomic E-state index is 3.80. The first-order valence-electron chi connectivity index (χ1n) is 8.44. The van der Waals surface area contributed by atoms with Crippen molar-refractivity contribution in [2.45, 2.75) is 59.4 Å². The molecule has 0 spiro atoms. The van der Waals surface area contributed by atoms with Crippen LogP contribution in [0.3, 0.4) is 0 Å². The van der Waals surface area contributed by atoms with Gasteiger partial charge in [0, 0.05) is 6.04 Å². The molecule has 3 rings (SSSR count). The van der Waals surface area contributed by atoms with Crippen molar-refractivity contribution in [3.8, 4) is 0 Å². The number of hydrogen-bond donors (Lipinski definition) is 1. The highest BCUT2D eigenvalue weighted by molar-refractivity contribution is 5.39. The fraction of sp³-hybridized carbons (Fsp3) is 0.684. The second-order valence-electron chi connectivity index (χ2n) is 7.02. The molecule has 0 saturated heterocycles. The molecular formula is C19H29N. The highest BCUT2D eigenvalue weighted by Gasteiger charge is 2.54. The van der Waals surface area contributed by atoms with Crippen molar-refractivity contribution in [2.75, 3.05) is 6.54 Å². The van der Waals surface area contributed by atoms with Crippen LogP contribution in [0.15, 0.2) is 12.1 Å². The predicted octanol–water partition coefficient (Wildman–Crippen LogP) is 4.70. The smallest absolute Gasteiger partial charge is 0.0356 e. The van der Waals surface area contributed by atoms with Gasteiger partial charge in [0.15, 0.2) is 0 Å². The molecule has 1 aromatic rings. The van der Waals surface area contributed by atoms with Gasteiger partial charge in [-0.25, -0.2) is 0 Å². The highest BCUT2D eigenvalue weighted by Crippen LogP contribution is 2.60. The number of aryl methyl sites for hydroxylation is 3. The number of rotatable bonds is 4. The Morgan fingerprint density at radius 2 is 1.60 bits per heavy atom. The summed E-state index contributed by atoms with van der Waals surface area (Å²) in [6, 6.07) is 5.41. The first-order valence-corrected chi connectivity index (χ1v) is 8.44. The lowest BCUT2D eigenvalue weighted by Crippen LogP contribution is -2.25. The van der Waals surface area contributed by atoms with Crippen LogP contribution in [0.1, 0.15) is 60.9 Å². The van der Waals surface area contributed by atoms with E-state index < -0.39 is 0 Å². The highest BCUT2D eigenvalue weighted by atomic mass is 14.9. The quantitative estimate of drug-likeness (QED) is 0.837. The Bertz CT molecular complexity index is 479. The minimum atomic E-state index is 0.590. The van der Waals surface area contributed by atoms with Crippen LogP contribution in [-0.2, 0) is 0 Å². The van der Waals surface area contributed by atoms with Crippen LogP contribution in [-0.4, -0.2) is 6.54 Å². The van der Waals surface area contributed by atoms with Crippen LogP contribution < -0.4 is 5.32 Å². The summed E-state index contributed by atoms with van der Waals surface area (Å²) < 4.78 is 0. The molecule has 0 radical (unpaired) electrons. The largest absolute Gasteiger partial charge is 0.310 e. The van der Waals surface area contributed by atoms with E-state index in [0.29, 0.717) is 6.04 Å². The number of benzene rings is 1. The van der Waals surface area contributed by atoms with Crippen LogP contribution in [0.5, 0.6) is 0 Å². The minimum Gasteiger partial charge on any atom is -0.310 e. The van der Waals surface area contributed by atoms with Crippen molar-refractivity contribution >= 4 is 0 Å². The van der Waals surface area contributed by atoms with Crippen molar-refractivity contribution in [2.24, 2.45) is 17.8 Å². The van der Waals surface area contributed by atoms with E-state index in [0.717, 1.165) is 24.3 Å². The lowest BCUT2D eigenvalue weighted by atomic mass is 9.92. The Kier molecular flexibility index (Phi) is 3.90. The lowest BCUT2D eigenvalue weighted by Gasteiger charge is -2.22. The molecule has 3 unspecified atom stereocenters. The lowest BCUT2D eigenvalue weighted by molar-refractivity contribution is 0.454. The maximum Gasteiger partial charge on any atom is 0.0356 e. The van der Waals surface area contributed by atoms with E-state index in [4.69, 9.17) is 0 Å². The molecule has 1 aromatic carbocycles. The van der Waals surface area contributed by atoms with E-state index in [1.807, 2.05) is 0 Å². The van der Waals surface area contributed by atoms with Gasteiger partial charge in [-0.1, -0.05) is 31.9 Å². The summed E-state index contributed by atoms with van der Waals surface area (Å²) in [6.07, 6.45) is 5.87. The van der Waals surface area contributed by atoms with E-state index in [9.17, 15) is 0 Å². The summed E-state index contributed by atoms with van der Waals surface area (Å²) in [5.74, 6) is 2.92. The average Bonchev–Trinajstić information content (AvgIpc) is 3.15. The summed E-state index contributed by atoms with van der Waals surface area (Å²) in [5.41, 5.74) is 5.91. The maximum absolute atomic E-state index is 3.80. The zero-order valence-electron chi connectivity index (χ0n) is 13.5. The first kappa shape index (κ1) is 14.1. The molecule has 2 saturated carbocycles. The van der Waals surface area contributed by atoms with Crippen LogP contribution >= 0.6 is 0 Å². The van der Waals surface area contributed by atoms with Gasteiger partial charge in [-0.05, 0) is 80.2 Å². The van der Waals surface area contributed by atoms with E-state index in [1.165, 1.54) is 42.4 Å². The molecule has 0 amide bonds. The zero-order valence-corrected chi connectivity index (χ0v) is 13.5. The third-order valence-electron chi connectivity index (χ3n) is 5.75. The summed E-state index contributed by atoms with van der Waals surface area (Å²) in [4.78, 5) is 0. The molecule has 0 aliphatic heterocycles. The number of hydrogen-bond acceptors (Lipinski definition) is 1. The topological polar surface area (TPSA) is 12.0 Å². The number of fused-ring (bicyclic) bond motifs is 1. The molecule has 3 atom stereocenters. The van der Waals surface area contributed by atoms with Crippen LogP contribution in [0.2, 0.25) is 0 Å². The van der Waals surface area contributed by atoms with Gasteiger partial charge in [0.1, 0.15) is 0 Å². The molecule has 1 nitrogen and oxygen atoms in total. The predicted molar refractivity (Wildman–Crippen MR) is 86.0 cm³/mol. The molecule has 2 aliphatic carbocycles. The van der Waals surface area contributed by atoms with Gasteiger partial charge >= 0.3 is 0 Å². The Labute approximate surface area is 124 Å². The van der Waals surface area contributed by atoms with E-state index >= 15 is 0 Å². The number of nitrogens with one attached hydrogen (secondary N) is 1. The monoisotopic (exact) mass is 271 g/mol. The molecule has 0 aromatic heterocycles. The Morgan fingerprint density at radius 1 is 1.00 bits per heavy atom.